The predicted octanol–water partition coefficient (Wildman–Crippen LogP) is -0.793. The van der Waals surface area contributed by atoms with E-state index in [0.717, 1.165) is 6.92 Å². The van der Waals surface area contributed by atoms with Gasteiger partial charge in [0, 0.05) is 6.92 Å². The second kappa shape index (κ2) is 4.61. The van der Waals surface area contributed by atoms with Crippen LogP contribution in [0, 0.1) is 0 Å². The third-order valence-corrected chi connectivity index (χ3v) is 1.39. The van der Waals surface area contributed by atoms with Crippen LogP contribution in [0.2, 0.25) is 0 Å². The minimum absolute atomic E-state index is 0.366. The number of carboxylic acid groups (broad SMARTS) is 1. The molecule has 5 heteroatoms. The summed E-state index contributed by atoms with van der Waals surface area (Å²) in [5.41, 5.74) is 0. The van der Waals surface area contributed by atoms with Crippen molar-refractivity contribution in [3.63, 3.8) is 0 Å². The first-order chi connectivity index (χ1) is 5.49. The smallest absolute Gasteiger partial charge is 0.305 e. The Morgan fingerprint density at radius 2 is 1.92 bits per heavy atom. The normalized spacial score (nSPS) is 12.2. The van der Waals surface area contributed by atoms with Gasteiger partial charge in [0.15, 0.2) is 5.78 Å². The molecule has 0 heterocycles. The molecule has 0 saturated carbocycles. The average Bonchev–Trinajstić information content (AvgIpc) is 1.98. The molecule has 5 nitrogen and oxygen atoms in total. The maximum atomic E-state index is 10.9. The third kappa shape index (κ3) is 3.25. The molecule has 0 amide bonds. The Hall–Kier alpha value is -1.23. The number of hydrogen-bond acceptors (Lipinski definition) is 4. The number of nitrogens with one attached hydrogen (secondary N) is 1. The largest absolute Gasteiger partial charge is 0.481 e. The first-order valence-corrected chi connectivity index (χ1v) is 3.43. The second-order valence-electron chi connectivity index (χ2n) is 2.36. The number of carboxylic acids is 1. The molecule has 0 spiro atoms. The number of aliphatic carboxylic acids is 1. The van der Waals surface area contributed by atoms with E-state index in [0.29, 0.717) is 0 Å². The van der Waals surface area contributed by atoms with Gasteiger partial charge < -0.3 is 10.4 Å². The number of Topliss-reactive ketones (excluding diaryl/α,β-unsaturated/α-hetero) is 2. The van der Waals surface area contributed by atoms with Crippen molar-refractivity contribution in [2.45, 2.75) is 19.4 Å². The first kappa shape index (κ1) is 10.8. The Balaban J connectivity index is 4.24. The SMILES string of the molecule is CN[C@@H](CC(=O)O)C(=O)C(C)=O. The van der Waals surface area contributed by atoms with E-state index in [1.807, 2.05) is 0 Å². The lowest BCUT2D eigenvalue weighted by Gasteiger charge is -2.09. The summed E-state index contributed by atoms with van der Waals surface area (Å²) in [6.45, 7) is 1.12. The van der Waals surface area contributed by atoms with Crippen LogP contribution >= 0.6 is 0 Å². The van der Waals surface area contributed by atoms with Gasteiger partial charge in [-0.25, -0.2) is 0 Å². The van der Waals surface area contributed by atoms with E-state index in [2.05, 4.69) is 5.32 Å². The molecule has 0 fully saturated rings. The Labute approximate surface area is 69.8 Å². The van der Waals surface area contributed by atoms with Crippen LogP contribution in [-0.4, -0.2) is 35.7 Å². The summed E-state index contributed by atoms with van der Waals surface area (Å²) in [5, 5.41) is 10.8. The van der Waals surface area contributed by atoms with Crippen molar-refractivity contribution in [3.05, 3.63) is 0 Å². The number of ketones is 2. The lowest BCUT2D eigenvalue weighted by molar-refractivity contribution is -0.141. The van der Waals surface area contributed by atoms with Gasteiger partial charge in [0.25, 0.3) is 0 Å². The lowest BCUT2D eigenvalue weighted by Crippen LogP contribution is -2.39. The zero-order valence-electron chi connectivity index (χ0n) is 6.96. The maximum absolute atomic E-state index is 10.9. The van der Waals surface area contributed by atoms with E-state index in [4.69, 9.17) is 5.11 Å². The van der Waals surface area contributed by atoms with Crippen molar-refractivity contribution in [1.29, 1.82) is 0 Å². The highest BCUT2D eigenvalue weighted by atomic mass is 16.4. The number of carbonyl (C=O) groups excluding carboxylic acids is 2. The zero-order valence-corrected chi connectivity index (χ0v) is 6.96. The maximum Gasteiger partial charge on any atom is 0.305 e. The van der Waals surface area contributed by atoms with Gasteiger partial charge in [-0.1, -0.05) is 0 Å². The molecule has 2 N–H and O–H groups in total. The molecule has 68 valence electrons. The van der Waals surface area contributed by atoms with Gasteiger partial charge >= 0.3 is 5.97 Å². The summed E-state index contributed by atoms with van der Waals surface area (Å²) < 4.78 is 0. The standard InChI is InChI=1S/C7H11NO4/c1-4(9)7(12)5(8-2)3-6(10)11/h5,8H,3H2,1-2H3,(H,10,11)/t5-/m0/s1. The minimum Gasteiger partial charge on any atom is -0.481 e. The fraction of sp³-hybridized carbons (Fsp3) is 0.571. The van der Waals surface area contributed by atoms with Crippen molar-refractivity contribution in [2.75, 3.05) is 7.05 Å². The van der Waals surface area contributed by atoms with Gasteiger partial charge in [-0.2, -0.15) is 0 Å². The molecule has 0 unspecified atom stereocenters. The highest BCUT2D eigenvalue weighted by molar-refractivity contribution is 6.38. The van der Waals surface area contributed by atoms with Gasteiger partial charge in [-0.15, -0.1) is 0 Å². The molecule has 0 radical (unpaired) electrons. The Morgan fingerprint density at radius 1 is 1.42 bits per heavy atom. The molecule has 1 atom stereocenters. The van der Waals surface area contributed by atoms with Crippen molar-refractivity contribution in [2.24, 2.45) is 0 Å². The van der Waals surface area contributed by atoms with Gasteiger partial charge in [-0.05, 0) is 7.05 Å². The molecule has 0 aliphatic rings. The Morgan fingerprint density at radius 3 is 2.17 bits per heavy atom. The number of likely N-dealkylation sites (N-methyl/N-ethyl adjacent to an activating group) is 1. The van der Waals surface area contributed by atoms with Crippen LogP contribution in [-0.2, 0) is 14.4 Å². The highest BCUT2D eigenvalue weighted by Gasteiger charge is 2.22. The monoisotopic (exact) mass is 173 g/mol. The third-order valence-electron chi connectivity index (χ3n) is 1.39. The summed E-state index contributed by atoms with van der Waals surface area (Å²) >= 11 is 0. The fourth-order valence-electron chi connectivity index (χ4n) is 0.746. The van der Waals surface area contributed by atoms with Crippen LogP contribution in [0.5, 0.6) is 0 Å². The molecule has 0 aromatic carbocycles. The van der Waals surface area contributed by atoms with Crippen molar-refractivity contribution in [3.8, 4) is 0 Å². The Bertz CT molecular complexity index is 211. The van der Waals surface area contributed by atoms with Crippen LogP contribution in [0.15, 0.2) is 0 Å². The molecule has 0 aromatic heterocycles. The van der Waals surface area contributed by atoms with Crippen LogP contribution in [0.3, 0.4) is 0 Å². The minimum atomic E-state index is -1.11. The molecule has 0 bridgehead atoms. The molecule has 0 aromatic rings. The molecule has 12 heavy (non-hydrogen) atoms. The van der Waals surface area contributed by atoms with Crippen molar-refractivity contribution < 1.29 is 19.5 Å². The summed E-state index contributed by atoms with van der Waals surface area (Å²) in [7, 11) is 1.44. The van der Waals surface area contributed by atoms with Gasteiger partial charge in [0.1, 0.15) is 0 Å². The molecule has 0 saturated heterocycles. The number of rotatable bonds is 5. The molecular formula is C7H11NO4. The van der Waals surface area contributed by atoms with Gasteiger partial charge in [0.2, 0.25) is 5.78 Å². The van der Waals surface area contributed by atoms with E-state index in [-0.39, 0.29) is 6.42 Å². The van der Waals surface area contributed by atoms with E-state index in [9.17, 15) is 14.4 Å². The van der Waals surface area contributed by atoms with Crippen molar-refractivity contribution in [1.82, 2.24) is 5.32 Å². The number of carbonyl (C=O) groups is 3. The van der Waals surface area contributed by atoms with Crippen LogP contribution in [0.25, 0.3) is 0 Å². The van der Waals surface area contributed by atoms with Crippen molar-refractivity contribution >= 4 is 17.5 Å². The lowest BCUT2D eigenvalue weighted by atomic mass is 10.1. The summed E-state index contributed by atoms with van der Waals surface area (Å²) in [4.78, 5) is 31.7. The average molecular weight is 173 g/mol. The predicted molar refractivity (Wildman–Crippen MR) is 40.8 cm³/mol. The van der Waals surface area contributed by atoms with E-state index >= 15 is 0 Å². The molecule has 0 aliphatic carbocycles. The molecule has 0 rings (SSSR count). The van der Waals surface area contributed by atoms with E-state index < -0.39 is 23.6 Å². The van der Waals surface area contributed by atoms with Gasteiger partial charge in [-0.3, -0.25) is 14.4 Å². The molecule has 0 aliphatic heterocycles. The van der Waals surface area contributed by atoms with Gasteiger partial charge in [0.05, 0.1) is 12.5 Å². The zero-order chi connectivity index (χ0) is 9.72. The topological polar surface area (TPSA) is 83.5 Å². The summed E-state index contributed by atoms with van der Waals surface area (Å²) in [5.74, 6) is -2.43. The van der Waals surface area contributed by atoms with Crippen LogP contribution < -0.4 is 5.32 Å². The highest BCUT2D eigenvalue weighted by Crippen LogP contribution is 1.94. The fourth-order valence-corrected chi connectivity index (χ4v) is 0.746. The Kier molecular flexibility index (Phi) is 4.14. The number of hydrogen-bond donors (Lipinski definition) is 2. The first-order valence-electron chi connectivity index (χ1n) is 3.43. The van der Waals surface area contributed by atoms with Crippen LogP contribution in [0.4, 0.5) is 0 Å². The van der Waals surface area contributed by atoms with E-state index in [1.54, 1.807) is 0 Å². The molecular weight excluding hydrogens is 162 g/mol. The quantitative estimate of drug-likeness (QED) is 0.532. The van der Waals surface area contributed by atoms with Crippen LogP contribution in [0.1, 0.15) is 13.3 Å². The van der Waals surface area contributed by atoms with E-state index in [1.165, 1.54) is 7.05 Å². The second-order valence-corrected chi connectivity index (χ2v) is 2.36. The summed E-state index contributed by atoms with van der Waals surface area (Å²) in [6.07, 6.45) is -0.366. The summed E-state index contributed by atoms with van der Waals surface area (Å²) in [6, 6.07) is -0.903.